The molecule has 4 nitrogen and oxygen atoms in total. The maximum Gasteiger partial charge on any atom is 0.319 e. The van der Waals surface area contributed by atoms with Crippen molar-refractivity contribution in [2.24, 2.45) is 0 Å². The first-order valence-electron chi connectivity index (χ1n) is 6.59. The largest absolute Gasteiger partial charge is 0.394 e. The summed E-state index contributed by atoms with van der Waals surface area (Å²) >= 11 is 5.86. The molecule has 0 unspecified atom stereocenters. The zero-order chi connectivity index (χ0) is 13.7. The van der Waals surface area contributed by atoms with Crippen LogP contribution < -0.4 is 10.6 Å². The van der Waals surface area contributed by atoms with Crippen molar-refractivity contribution in [2.75, 3.05) is 11.9 Å². The van der Waals surface area contributed by atoms with Gasteiger partial charge in [-0.05, 0) is 31.0 Å². The number of benzene rings is 1. The molecule has 2 rings (SSSR count). The van der Waals surface area contributed by atoms with Crippen molar-refractivity contribution < 1.29 is 9.90 Å². The third-order valence-electron chi connectivity index (χ3n) is 3.57. The minimum Gasteiger partial charge on any atom is -0.394 e. The Balaban J connectivity index is 1.96. The van der Waals surface area contributed by atoms with E-state index in [9.17, 15) is 9.90 Å². The molecule has 1 aliphatic carbocycles. The molecule has 0 aromatic heterocycles. The number of carbonyl (C=O) groups excluding carboxylic acids is 1. The molecule has 1 aromatic carbocycles. The Hall–Kier alpha value is -1.26. The van der Waals surface area contributed by atoms with Gasteiger partial charge in [-0.3, -0.25) is 0 Å². The molecular formula is C14H19ClN2O2. The number of nitrogens with one attached hydrogen (secondary N) is 2. The van der Waals surface area contributed by atoms with Gasteiger partial charge in [-0.1, -0.05) is 36.9 Å². The number of hydrogen-bond donors (Lipinski definition) is 3. The van der Waals surface area contributed by atoms with Gasteiger partial charge < -0.3 is 15.7 Å². The second-order valence-corrected chi connectivity index (χ2v) is 5.53. The lowest BCUT2D eigenvalue weighted by Crippen LogP contribution is -2.53. The van der Waals surface area contributed by atoms with E-state index in [2.05, 4.69) is 10.6 Å². The number of amides is 2. The number of anilines is 1. The molecule has 104 valence electrons. The molecule has 0 atom stereocenters. The molecule has 0 spiro atoms. The molecule has 0 heterocycles. The Labute approximate surface area is 118 Å². The maximum absolute atomic E-state index is 12.0. The Morgan fingerprint density at radius 1 is 1.32 bits per heavy atom. The molecule has 1 aliphatic rings. The van der Waals surface area contributed by atoms with Crippen molar-refractivity contribution in [1.29, 1.82) is 0 Å². The first kappa shape index (κ1) is 14.2. The summed E-state index contributed by atoms with van der Waals surface area (Å²) in [5.74, 6) is 0. The number of rotatable bonds is 3. The fraction of sp³-hybridized carbons (Fsp3) is 0.500. The lowest BCUT2D eigenvalue weighted by atomic mass is 9.82. The SMILES string of the molecule is O=C(Nc1cccc(Cl)c1)NC1(CO)CCCCC1. The van der Waals surface area contributed by atoms with Crippen LogP contribution in [-0.4, -0.2) is 23.3 Å². The molecular weight excluding hydrogens is 264 g/mol. The van der Waals surface area contributed by atoms with E-state index in [1.807, 2.05) is 0 Å². The third-order valence-corrected chi connectivity index (χ3v) is 3.81. The summed E-state index contributed by atoms with van der Waals surface area (Å²) in [6, 6.07) is 6.70. The quantitative estimate of drug-likeness (QED) is 0.797. The number of aliphatic hydroxyl groups is 1. The number of halogens is 1. The zero-order valence-electron chi connectivity index (χ0n) is 10.8. The zero-order valence-corrected chi connectivity index (χ0v) is 11.5. The standard InChI is InChI=1S/C14H19ClN2O2/c15-11-5-4-6-12(9-11)16-13(19)17-14(10-18)7-2-1-3-8-14/h4-6,9,18H,1-3,7-8,10H2,(H2,16,17,19). The van der Waals surface area contributed by atoms with Crippen molar-refractivity contribution in [1.82, 2.24) is 5.32 Å². The van der Waals surface area contributed by atoms with Crippen LogP contribution in [0.1, 0.15) is 32.1 Å². The Kier molecular flexibility index (Phi) is 4.66. The predicted molar refractivity (Wildman–Crippen MR) is 76.5 cm³/mol. The average molecular weight is 283 g/mol. The van der Waals surface area contributed by atoms with Gasteiger partial charge in [-0.15, -0.1) is 0 Å². The van der Waals surface area contributed by atoms with E-state index in [1.54, 1.807) is 24.3 Å². The molecule has 0 saturated heterocycles. The van der Waals surface area contributed by atoms with Gasteiger partial charge in [-0.2, -0.15) is 0 Å². The smallest absolute Gasteiger partial charge is 0.319 e. The molecule has 1 aromatic rings. The molecule has 19 heavy (non-hydrogen) atoms. The summed E-state index contributed by atoms with van der Waals surface area (Å²) in [5.41, 5.74) is 0.176. The van der Waals surface area contributed by atoms with Gasteiger partial charge in [-0.25, -0.2) is 4.79 Å². The highest BCUT2D eigenvalue weighted by Crippen LogP contribution is 2.27. The first-order valence-corrected chi connectivity index (χ1v) is 6.97. The lowest BCUT2D eigenvalue weighted by molar-refractivity contribution is 0.128. The Bertz CT molecular complexity index is 445. The van der Waals surface area contributed by atoms with Crippen LogP contribution in [0.4, 0.5) is 10.5 Å². The normalized spacial score (nSPS) is 17.8. The summed E-state index contributed by atoms with van der Waals surface area (Å²) in [5, 5.41) is 15.8. The third kappa shape index (κ3) is 3.85. The van der Waals surface area contributed by atoms with Crippen LogP contribution in [0.3, 0.4) is 0 Å². The second kappa shape index (κ2) is 6.26. The number of carbonyl (C=O) groups is 1. The van der Waals surface area contributed by atoms with Gasteiger partial charge >= 0.3 is 6.03 Å². The fourth-order valence-electron chi connectivity index (χ4n) is 2.52. The van der Waals surface area contributed by atoms with Crippen LogP contribution in [-0.2, 0) is 0 Å². The highest BCUT2D eigenvalue weighted by atomic mass is 35.5. The number of aliphatic hydroxyl groups excluding tert-OH is 1. The van der Waals surface area contributed by atoms with Crippen LogP contribution in [0, 0.1) is 0 Å². The van der Waals surface area contributed by atoms with Gasteiger partial charge in [0.2, 0.25) is 0 Å². The molecule has 1 fully saturated rings. The van der Waals surface area contributed by atoms with Crippen LogP contribution in [0.15, 0.2) is 24.3 Å². The van der Waals surface area contributed by atoms with E-state index >= 15 is 0 Å². The van der Waals surface area contributed by atoms with Crippen molar-refractivity contribution in [3.8, 4) is 0 Å². The van der Waals surface area contributed by atoms with Crippen LogP contribution in [0.5, 0.6) is 0 Å². The minimum absolute atomic E-state index is 0.0179. The first-order chi connectivity index (χ1) is 9.13. The topological polar surface area (TPSA) is 61.4 Å². The van der Waals surface area contributed by atoms with Crippen LogP contribution in [0.25, 0.3) is 0 Å². The second-order valence-electron chi connectivity index (χ2n) is 5.09. The average Bonchev–Trinajstić information content (AvgIpc) is 2.39. The Morgan fingerprint density at radius 2 is 2.05 bits per heavy atom. The van der Waals surface area contributed by atoms with Gasteiger partial charge in [0.05, 0.1) is 12.1 Å². The molecule has 3 N–H and O–H groups in total. The van der Waals surface area contributed by atoms with Crippen molar-refractivity contribution in [3.63, 3.8) is 0 Å². The highest BCUT2D eigenvalue weighted by molar-refractivity contribution is 6.30. The summed E-state index contributed by atoms with van der Waals surface area (Å²) in [7, 11) is 0. The molecule has 0 aliphatic heterocycles. The molecule has 2 amide bonds. The highest BCUT2D eigenvalue weighted by Gasteiger charge is 2.32. The van der Waals surface area contributed by atoms with Crippen molar-refractivity contribution >= 4 is 23.3 Å². The number of hydrogen-bond acceptors (Lipinski definition) is 2. The van der Waals surface area contributed by atoms with Crippen molar-refractivity contribution in [3.05, 3.63) is 29.3 Å². The van der Waals surface area contributed by atoms with Gasteiger partial charge in [0, 0.05) is 10.7 Å². The summed E-state index contributed by atoms with van der Waals surface area (Å²) in [6.45, 7) is -0.0179. The molecule has 0 bridgehead atoms. The monoisotopic (exact) mass is 282 g/mol. The molecule has 5 heteroatoms. The predicted octanol–water partition coefficient (Wildman–Crippen LogP) is 3.16. The van der Waals surface area contributed by atoms with Gasteiger partial charge in [0.15, 0.2) is 0 Å². The van der Waals surface area contributed by atoms with E-state index in [4.69, 9.17) is 11.6 Å². The Morgan fingerprint density at radius 3 is 2.68 bits per heavy atom. The fourth-order valence-corrected chi connectivity index (χ4v) is 2.71. The van der Waals surface area contributed by atoms with E-state index in [0.717, 1.165) is 25.7 Å². The van der Waals surface area contributed by atoms with Gasteiger partial charge in [0.1, 0.15) is 0 Å². The van der Waals surface area contributed by atoms with E-state index in [-0.39, 0.29) is 12.6 Å². The van der Waals surface area contributed by atoms with Crippen LogP contribution in [0.2, 0.25) is 5.02 Å². The number of urea groups is 1. The summed E-state index contributed by atoms with van der Waals surface area (Å²) in [4.78, 5) is 12.0. The van der Waals surface area contributed by atoms with E-state index in [0.29, 0.717) is 10.7 Å². The summed E-state index contributed by atoms with van der Waals surface area (Å²) in [6.07, 6.45) is 4.90. The van der Waals surface area contributed by atoms with E-state index in [1.165, 1.54) is 6.42 Å². The van der Waals surface area contributed by atoms with Crippen LogP contribution >= 0.6 is 11.6 Å². The maximum atomic E-state index is 12.0. The van der Waals surface area contributed by atoms with E-state index < -0.39 is 5.54 Å². The molecule has 1 saturated carbocycles. The minimum atomic E-state index is -0.471. The van der Waals surface area contributed by atoms with Gasteiger partial charge in [0.25, 0.3) is 0 Å². The van der Waals surface area contributed by atoms with Crippen molar-refractivity contribution in [2.45, 2.75) is 37.6 Å². The lowest BCUT2D eigenvalue weighted by Gasteiger charge is -2.36. The molecule has 0 radical (unpaired) electrons. The summed E-state index contributed by atoms with van der Waals surface area (Å²) < 4.78 is 0.